The van der Waals surface area contributed by atoms with Crippen molar-refractivity contribution in [3.05, 3.63) is 18.1 Å². The van der Waals surface area contributed by atoms with Crippen LogP contribution in [0.25, 0.3) is 0 Å². The van der Waals surface area contributed by atoms with Gasteiger partial charge in [0.25, 0.3) is 0 Å². The molecule has 0 saturated heterocycles. The third-order valence-corrected chi connectivity index (χ3v) is 0.762. The third-order valence-electron chi connectivity index (χ3n) is 0.762. The molecular weight excluding hydrogens is 84.1 g/mol. The molecule has 0 bridgehead atoms. The van der Waals surface area contributed by atoms with E-state index in [1.807, 2.05) is 0 Å². The van der Waals surface area contributed by atoms with E-state index in [4.69, 9.17) is 0 Å². The van der Waals surface area contributed by atoms with E-state index in [2.05, 4.69) is 33.3 Å². The normalized spacial score (nSPS) is 8.43. The molecule has 41 valence electrons. The van der Waals surface area contributed by atoms with Crippen LogP contribution in [0, 0.1) is 6.42 Å². The van der Waals surface area contributed by atoms with Crippen LogP contribution in [0.5, 0.6) is 0 Å². The number of hydrogen-bond donors (Lipinski definition) is 0. The van der Waals surface area contributed by atoms with Gasteiger partial charge in [-0.15, -0.1) is 0 Å². The van der Waals surface area contributed by atoms with Gasteiger partial charge in [0.1, 0.15) is 0 Å². The number of rotatable bonds is 2. The first-order chi connectivity index (χ1) is 3.27. The van der Waals surface area contributed by atoms with Gasteiger partial charge in [-0.1, -0.05) is 18.6 Å². The number of allylic oxidation sites excluding steroid dienone is 2. The summed E-state index contributed by atoms with van der Waals surface area (Å²) in [6, 6.07) is 0. The molecule has 0 heteroatoms. The summed E-state index contributed by atoms with van der Waals surface area (Å²) in [5.41, 5.74) is 1.40. The van der Waals surface area contributed by atoms with Crippen molar-refractivity contribution in [3.8, 4) is 0 Å². The van der Waals surface area contributed by atoms with Gasteiger partial charge >= 0.3 is 0 Å². The van der Waals surface area contributed by atoms with Gasteiger partial charge in [-0.2, -0.15) is 0 Å². The average Bonchev–Trinajstić information content (AvgIpc) is 1.61. The molecule has 0 unspecified atom stereocenters. The Bertz CT molecular complexity index is 56.4. The largest absolute Gasteiger partial charge is 0.0856 e. The molecule has 0 rings (SSSR count). The van der Waals surface area contributed by atoms with E-state index in [9.17, 15) is 0 Å². The first-order valence-electron chi connectivity index (χ1n) is 2.68. The number of hydrogen-bond acceptors (Lipinski definition) is 0. The van der Waals surface area contributed by atoms with E-state index in [-0.39, 0.29) is 0 Å². The monoisotopic (exact) mass is 97.1 g/mol. The van der Waals surface area contributed by atoms with Gasteiger partial charge in [0.15, 0.2) is 0 Å². The van der Waals surface area contributed by atoms with Crippen LogP contribution >= 0.6 is 0 Å². The van der Waals surface area contributed by atoms with E-state index in [1.165, 1.54) is 5.57 Å². The Morgan fingerprint density at radius 2 is 2.00 bits per heavy atom. The lowest BCUT2D eigenvalue weighted by Gasteiger charge is -1.84. The minimum absolute atomic E-state index is 1.11. The first kappa shape index (κ1) is 6.74. The zero-order valence-corrected chi connectivity index (χ0v) is 5.36. The molecule has 7 heavy (non-hydrogen) atoms. The SMILES string of the molecule is C[CH]CC=C(C)C. The minimum atomic E-state index is 1.11. The van der Waals surface area contributed by atoms with Crippen LogP contribution in [-0.4, -0.2) is 0 Å². The fraction of sp³-hybridized carbons (Fsp3) is 0.571. The summed E-state index contributed by atoms with van der Waals surface area (Å²) in [5, 5.41) is 0. The molecule has 0 N–H and O–H groups in total. The summed E-state index contributed by atoms with van der Waals surface area (Å²) in [7, 11) is 0. The van der Waals surface area contributed by atoms with Gasteiger partial charge in [0.2, 0.25) is 0 Å². The fourth-order valence-corrected chi connectivity index (χ4v) is 0.354. The summed E-state index contributed by atoms with van der Waals surface area (Å²) in [5.74, 6) is 0. The molecule has 1 radical (unpaired) electrons. The van der Waals surface area contributed by atoms with Gasteiger partial charge in [-0.3, -0.25) is 0 Å². The van der Waals surface area contributed by atoms with Crippen LogP contribution in [0.1, 0.15) is 27.2 Å². The van der Waals surface area contributed by atoms with E-state index in [1.54, 1.807) is 0 Å². The van der Waals surface area contributed by atoms with Gasteiger partial charge in [0, 0.05) is 0 Å². The van der Waals surface area contributed by atoms with E-state index >= 15 is 0 Å². The molecular formula is C7H13. The topological polar surface area (TPSA) is 0 Å². The lowest BCUT2D eigenvalue weighted by atomic mass is 10.2. The van der Waals surface area contributed by atoms with E-state index in [0.29, 0.717) is 0 Å². The summed E-state index contributed by atoms with van der Waals surface area (Å²) >= 11 is 0. The van der Waals surface area contributed by atoms with Crippen LogP contribution in [0.15, 0.2) is 11.6 Å². The highest BCUT2D eigenvalue weighted by Gasteiger charge is 1.73. The highest BCUT2D eigenvalue weighted by atomic mass is 13.8. The van der Waals surface area contributed by atoms with Gasteiger partial charge in [-0.25, -0.2) is 0 Å². The van der Waals surface area contributed by atoms with Crippen molar-refractivity contribution in [2.75, 3.05) is 0 Å². The zero-order valence-electron chi connectivity index (χ0n) is 5.36. The first-order valence-corrected chi connectivity index (χ1v) is 2.68. The zero-order chi connectivity index (χ0) is 5.70. The van der Waals surface area contributed by atoms with Crippen molar-refractivity contribution in [3.63, 3.8) is 0 Å². The smallest absolute Gasteiger partial charge is 0.0320 e. The number of unbranched alkanes of at least 4 members (excludes halogenated alkanes) is 1. The molecule has 0 aromatic rings. The van der Waals surface area contributed by atoms with Crippen molar-refractivity contribution in [1.82, 2.24) is 0 Å². The predicted octanol–water partition coefficient (Wildman–Crippen LogP) is 2.57. The fourth-order valence-electron chi connectivity index (χ4n) is 0.354. The average molecular weight is 97.2 g/mol. The van der Waals surface area contributed by atoms with Crippen molar-refractivity contribution in [1.29, 1.82) is 0 Å². The molecule has 0 fully saturated rings. The molecule has 0 atom stereocenters. The van der Waals surface area contributed by atoms with Crippen LogP contribution < -0.4 is 0 Å². The van der Waals surface area contributed by atoms with Gasteiger partial charge in [-0.05, 0) is 26.7 Å². The van der Waals surface area contributed by atoms with Crippen LogP contribution in [0.4, 0.5) is 0 Å². The Balaban J connectivity index is 3.08. The van der Waals surface area contributed by atoms with Crippen LogP contribution in [0.2, 0.25) is 0 Å². The summed E-state index contributed by atoms with van der Waals surface area (Å²) in [6.07, 6.45) is 5.47. The molecule has 0 nitrogen and oxygen atoms in total. The van der Waals surface area contributed by atoms with Crippen molar-refractivity contribution in [2.45, 2.75) is 27.2 Å². The third kappa shape index (κ3) is 5.74. The lowest BCUT2D eigenvalue weighted by Crippen LogP contribution is -1.65. The molecule has 0 amide bonds. The minimum Gasteiger partial charge on any atom is -0.0856 e. The molecule has 0 aliphatic rings. The molecule has 0 aliphatic heterocycles. The standard InChI is InChI=1S/C7H13/c1-4-5-6-7(2)3/h4,6H,5H2,1-3H3. The van der Waals surface area contributed by atoms with Gasteiger partial charge in [0.05, 0.1) is 0 Å². The van der Waals surface area contributed by atoms with Crippen molar-refractivity contribution in [2.24, 2.45) is 0 Å². The Morgan fingerprint density at radius 1 is 1.43 bits per heavy atom. The summed E-state index contributed by atoms with van der Waals surface area (Å²) in [4.78, 5) is 0. The van der Waals surface area contributed by atoms with Crippen LogP contribution in [-0.2, 0) is 0 Å². The van der Waals surface area contributed by atoms with E-state index < -0.39 is 0 Å². The molecule has 0 spiro atoms. The highest BCUT2D eigenvalue weighted by molar-refractivity contribution is 4.94. The quantitative estimate of drug-likeness (QED) is 0.464. The van der Waals surface area contributed by atoms with Crippen LogP contribution in [0.3, 0.4) is 0 Å². The summed E-state index contributed by atoms with van der Waals surface area (Å²) < 4.78 is 0. The second-order valence-corrected chi connectivity index (χ2v) is 1.93. The predicted molar refractivity (Wildman–Crippen MR) is 34.0 cm³/mol. The van der Waals surface area contributed by atoms with Gasteiger partial charge < -0.3 is 0 Å². The molecule has 0 saturated carbocycles. The molecule has 0 aromatic carbocycles. The maximum atomic E-state index is 2.21. The lowest BCUT2D eigenvalue weighted by molar-refractivity contribution is 1.17. The van der Waals surface area contributed by atoms with Crippen molar-refractivity contribution < 1.29 is 0 Å². The maximum Gasteiger partial charge on any atom is -0.0320 e. The second kappa shape index (κ2) is 3.91. The molecule has 0 aromatic heterocycles. The highest BCUT2D eigenvalue weighted by Crippen LogP contribution is 1.93. The second-order valence-electron chi connectivity index (χ2n) is 1.93. The molecule has 0 aliphatic carbocycles. The Hall–Kier alpha value is -0.260. The maximum absolute atomic E-state index is 2.21. The Labute approximate surface area is 46.2 Å². The van der Waals surface area contributed by atoms with Crippen molar-refractivity contribution >= 4 is 0 Å². The Kier molecular flexibility index (Phi) is 3.77. The Morgan fingerprint density at radius 3 is 2.14 bits per heavy atom. The van der Waals surface area contributed by atoms with E-state index in [0.717, 1.165) is 6.42 Å². The molecule has 0 heterocycles. The summed E-state index contributed by atoms with van der Waals surface area (Å²) in [6.45, 7) is 6.30.